The lowest BCUT2D eigenvalue weighted by Gasteiger charge is -2.03. The van der Waals surface area contributed by atoms with E-state index < -0.39 is 0 Å². The van der Waals surface area contributed by atoms with E-state index in [9.17, 15) is 0 Å². The molecule has 0 aliphatic rings. The van der Waals surface area contributed by atoms with Crippen LogP contribution in [0.2, 0.25) is 0 Å². The number of nitrogens with two attached hydrogens (primary N) is 1. The molecule has 0 saturated carbocycles. The highest BCUT2D eigenvalue weighted by Gasteiger charge is 2.16. The Bertz CT molecular complexity index is 727. The van der Waals surface area contributed by atoms with Gasteiger partial charge in [0.25, 0.3) is 0 Å². The minimum atomic E-state index is 0.530. The van der Waals surface area contributed by atoms with Crippen molar-refractivity contribution in [2.24, 2.45) is 0 Å². The summed E-state index contributed by atoms with van der Waals surface area (Å²) in [5.41, 5.74) is 8.92. The predicted molar refractivity (Wildman–Crippen MR) is 86.5 cm³/mol. The zero-order chi connectivity index (χ0) is 14.1. The quantitative estimate of drug-likeness (QED) is 0.768. The van der Waals surface area contributed by atoms with Gasteiger partial charge >= 0.3 is 0 Å². The number of hydrogen-bond acceptors (Lipinski definition) is 8. The van der Waals surface area contributed by atoms with Gasteiger partial charge in [-0.15, -0.1) is 22.7 Å². The Morgan fingerprint density at radius 2 is 1.90 bits per heavy atom. The summed E-state index contributed by atoms with van der Waals surface area (Å²) in [7, 11) is 0. The number of hydrogen-bond donors (Lipinski definition) is 2. The van der Waals surface area contributed by atoms with Crippen LogP contribution in [0.5, 0.6) is 0 Å². The van der Waals surface area contributed by atoms with E-state index in [1.165, 1.54) is 11.5 Å². The van der Waals surface area contributed by atoms with Crippen molar-refractivity contribution in [1.29, 1.82) is 0 Å². The molecule has 0 aromatic carbocycles. The predicted octanol–water partition coefficient (Wildman–Crippen LogP) is 3.53. The third kappa shape index (κ3) is 2.67. The maximum atomic E-state index is 5.97. The van der Waals surface area contributed by atoms with Gasteiger partial charge in [0.2, 0.25) is 0 Å². The first-order valence-electron chi connectivity index (χ1n) is 5.96. The van der Waals surface area contributed by atoms with Gasteiger partial charge in [-0.2, -0.15) is 4.37 Å². The van der Waals surface area contributed by atoms with Gasteiger partial charge in [-0.3, -0.25) is 0 Å². The molecular weight excluding hydrogens is 310 g/mol. The van der Waals surface area contributed by atoms with Crippen molar-refractivity contribution in [3.05, 3.63) is 27.2 Å². The van der Waals surface area contributed by atoms with E-state index in [1.807, 2.05) is 24.6 Å². The van der Waals surface area contributed by atoms with Gasteiger partial charge in [0.1, 0.15) is 20.8 Å². The highest BCUT2D eigenvalue weighted by molar-refractivity contribution is 7.15. The number of nitrogens with one attached hydrogen (secondary N) is 1. The number of thiazole rings is 2. The Morgan fingerprint density at radius 3 is 2.55 bits per heavy atom. The van der Waals surface area contributed by atoms with Gasteiger partial charge < -0.3 is 11.1 Å². The van der Waals surface area contributed by atoms with E-state index in [0.29, 0.717) is 12.4 Å². The number of rotatable bonds is 4. The van der Waals surface area contributed by atoms with Crippen molar-refractivity contribution in [2.45, 2.75) is 20.4 Å². The Hall–Kier alpha value is -1.51. The van der Waals surface area contributed by atoms with Crippen LogP contribution in [-0.2, 0) is 6.54 Å². The summed E-state index contributed by atoms with van der Waals surface area (Å²) in [5.74, 6) is 0.530. The summed E-state index contributed by atoms with van der Waals surface area (Å²) in [4.78, 5) is 8.92. The summed E-state index contributed by atoms with van der Waals surface area (Å²) in [6.45, 7) is 4.65. The van der Waals surface area contributed by atoms with Crippen LogP contribution in [0.4, 0.5) is 10.8 Å². The van der Waals surface area contributed by atoms with E-state index >= 15 is 0 Å². The topological polar surface area (TPSA) is 76.7 Å². The van der Waals surface area contributed by atoms with Crippen molar-refractivity contribution in [2.75, 3.05) is 11.1 Å². The molecule has 5 nitrogen and oxygen atoms in total. The van der Waals surface area contributed by atoms with Crippen molar-refractivity contribution in [3.8, 4) is 10.6 Å². The molecule has 3 heterocycles. The molecule has 0 fully saturated rings. The Kier molecular flexibility index (Phi) is 3.68. The number of aromatic nitrogens is 3. The van der Waals surface area contributed by atoms with E-state index in [4.69, 9.17) is 5.73 Å². The molecule has 0 unspecified atom stereocenters. The number of nitrogens with zero attached hydrogens (tertiary/aromatic N) is 3. The van der Waals surface area contributed by atoms with Crippen LogP contribution in [0.15, 0.2) is 10.8 Å². The second-order valence-electron chi connectivity index (χ2n) is 4.30. The van der Waals surface area contributed by atoms with Crippen molar-refractivity contribution in [3.63, 3.8) is 0 Å². The average Bonchev–Trinajstić information content (AvgIpc) is 3.09. The third-order valence-electron chi connectivity index (χ3n) is 2.62. The molecular formula is C12H13N5S3. The van der Waals surface area contributed by atoms with Crippen molar-refractivity contribution < 1.29 is 0 Å². The summed E-state index contributed by atoms with van der Waals surface area (Å²) >= 11 is 4.60. The van der Waals surface area contributed by atoms with Crippen molar-refractivity contribution in [1.82, 2.24) is 14.3 Å². The van der Waals surface area contributed by atoms with Gasteiger partial charge in [-0.05, 0) is 25.4 Å². The largest absolute Gasteiger partial charge is 0.382 e. The molecule has 0 saturated heterocycles. The van der Waals surface area contributed by atoms with Crippen molar-refractivity contribution >= 4 is 45.0 Å². The molecule has 20 heavy (non-hydrogen) atoms. The maximum absolute atomic E-state index is 5.97. The van der Waals surface area contributed by atoms with E-state index in [0.717, 1.165) is 32.0 Å². The van der Waals surface area contributed by atoms with Gasteiger partial charge in [0.05, 0.1) is 12.1 Å². The highest BCUT2D eigenvalue weighted by atomic mass is 32.1. The Balaban J connectivity index is 1.83. The first kappa shape index (κ1) is 13.5. The molecule has 0 aliphatic carbocycles. The summed E-state index contributed by atoms with van der Waals surface area (Å²) in [6.07, 6.45) is 0. The summed E-state index contributed by atoms with van der Waals surface area (Å²) in [5, 5.41) is 10.3. The van der Waals surface area contributed by atoms with Crippen LogP contribution in [0.1, 0.15) is 16.4 Å². The van der Waals surface area contributed by atoms with Crippen LogP contribution in [0.25, 0.3) is 10.6 Å². The fourth-order valence-corrected chi connectivity index (χ4v) is 4.08. The lowest BCUT2D eigenvalue weighted by molar-refractivity contribution is 1.08. The van der Waals surface area contributed by atoms with E-state index in [2.05, 4.69) is 19.7 Å². The summed E-state index contributed by atoms with van der Waals surface area (Å²) < 4.78 is 4.23. The Labute approximate surface area is 128 Å². The zero-order valence-corrected chi connectivity index (χ0v) is 13.5. The second kappa shape index (κ2) is 5.47. The monoisotopic (exact) mass is 323 g/mol. The number of anilines is 2. The molecule has 3 N–H and O–H groups in total. The van der Waals surface area contributed by atoms with Gasteiger partial charge in [-0.25, -0.2) is 9.97 Å². The standard InChI is InChI=1S/C12H13N5S3/c1-6-4-18-8(15-6)3-14-11-9(10(13)17-20-11)12-16-7(2)5-19-12/h4-5,14H,3H2,1-2H3,(H2,13,17). The molecule has 0 bridgehead atoms. The molecule has 0 atom stereocenters. The molecule has 0 amide bonds. The number of nitrogen functional groups attached to an aromatic ring is 1. The summed E-state index contributed by atoms with van der Waals surface area (Å²) in [6, 6.07) is 0. The van der Waals surface area contributed by atoms with E-state index in [-0.39, 0.29) is 0 Å². The molecule has 0 radical (unpaired) electrons. The minimum absolute atomic E-state index is 0.530. The molecule has 0 aliphatic heterocycles. The molecule has 104 valence electrons. The maximum Gasteiger partial charge on any atom is 0.149 e. The smallest absolute Gasteiger partial charge is 0.149 e. The fraction of sp³-hybridized carbons (Fsp3) is 0.250. The van der Waals surface area contributed by atoms with E-state index in [1.54, 1.807) is 22.7 Å². The first-order valence-corrected chi connectivity index (χ1v) is 8.49. The van der Waals surface area contributed by atoms with Gasteiger partial charge in [0, 0.05) is 22.1 Å². The lowest BCUT2D eigenvalue weighted by Crippen LogP contribution is -1.99. The molecule has 3 aromatic heterocycles. The first-order chi connectivity index (χ1) is 9.63. The normalized spacial score (nSPS) is 10.9. The third-order valence-corrected chi connectivity index (χ3v) is 5.38. The molecule has 8 heteroatoms. The van der Waals surface area contributed by atoms with Gasteiger partial charge in [0.15, 0.2) is 0 Å². The van der Waals surface area contributed by atoms with Gasteiger partial charge in [-0.1, -0.05) is 0 Å². The second-order valence-corrected chi connectivity index (χ2v) is 6.88. The van der Waals surface area contributed by atoms with Crippen LogP contribution in [0, 0.1) is 13.8 Å². The van der Waals surface area contributed by atoms with Crippen LogP contribution in [0.3, 0.4) is 0 Å². The van der Waals surface area contributed by atoms with Crippen LogP contribution in [-0.4, -0.2) is 14.3 Å². The molecule has 3 aromatic rings. The fourth-order valence-electron chi connectivity index (χ4n) is 1.74. The molecule has 0 spiro atoms. The lowest BCUT2D eigenvalue weighted by atomic mass is 10.3. The highest BCUT2D eigenvalue weighted by Crippen LogP contribution is 2.38. The Morgan fingerprint density at radius 1 is 1.15 bits per heavy atom. The minimum Gasteiger partial charge on any atom is -0.382 e. The average molecular weight is 323 g/mol. The number of aryl methyl sites for hydroxylation is 2. The zero-order valence-electron chi connectivity index (χ0n) is 11.0. The van der Waals surface area contributed by atoms with Crippen LogP contribution < -0.4 is 11.1 Å². The van der Waals surface area contributed by atoms with Crippen LogP contribution >= 0.6 is 34.2 Å². The molecule has 3 rings (SSSR count). The SMILES string of the molecule is Cc1csc(CNc2snc(N)c2-c2nc(C)cs2)n1.